The van der Waals surface area contributed by atoms with Crippen LogP contribution in [0.4, 0.5) is 4.39 Å². The van der Waals surface area contributed by atoms with Crippen LogP contribution in [-0.2, 0) is 14.1 Å². The first-order chi connectivity index (χ1) is 8.62. The number of carbonyl (C=O) groups excluding carboxylic acids is 1. The molecule has 0 radical (unpaired) electrons. The van der Waals surface area contributed by atoms with Gasteiger partial charge in [-0.1, -0.05) is 0 Å². The number of rotatable bonds is 3. The number of carbonyl (C=O) groups is 1. The number of nitrogens with two attached hydrogens (primary N) is 1. The molecule has 1 aliphatic heterocycles. The van der Waals surface area contributed by atoms with Crippen LogP contribution in [0.15, 0.2) is 11.3 Å². The number of primary amides is 1. The van der Waals surface area contributed by atoms with Crippen molar-refractivity contribution in [3.8, 4) is 0 Å². The van der Waals surface area contributed by atoms with Gasteiger partial charge in [0.15, 0.2) is 0 Å². The lowest BCUT2D eigenvalue weighted by molar-refractivity contribution is -0.119. The van der Waals surface area contributed by atoms with E-state index < -0.39 is 18.3 Å². The van der Waals surface area contributed by atoms with Gasteiger partial charge in [-0.15, -0.1) is 0 Å². The Morgan fingerprint density at radius 1 is 1.32 bits per heavy atom. The predicted octanol–water partition coefficient (Wildman–Crippen LogP) is 2.13. The average Bonchev–Trinajstić information content (AvgIpc) is 2.40. The molecule has 2 rings (SSSR count). The van der Waals surface area contributed by atoms with Gasteiger partial charge in [0.05, 0.1) is 11.2 Å². The van der Waals surface area contributed by atoms with Gasteiger partial charge >= 0.3 is 7.12 Å². The lowest BCUT2D eigenvalue weighted by Gasteiger charge is -2.32. The Kier molecular flexibility index (Phi) is 3.52. The molecule has 1 aliphatic carbocycles. The summed E-state index contributed by atoms with van der Waals surface area (Å²) in [4.78, 5) is 10.8. The van der Waals surface area contributed by atoms with Crippen molar-refractivity contribution in [2.24, 2.45) is 11.7 Å². The lowest BCUT2D eigenvalue weighted by atomic mass is 9.71. The third-order valence-corrected chi connectivity index (χ3v) is 4.36. The molecule has 4 nitrogen and oxygen atoms in total. The quantitative estimate of drug-likeness (QED) is 0.798. The zero-order valence-electron chi connectivity index (χ0n) is 12.0. The molecule has 19 heavy (non-hydrogen) atoms. The predicted molar refractivity (Wildman–Crippen MR) is 70.8 cm³/mol. The fourth-order valence-electron chi connectivity index (χ4n) is 2.37. The van der Waals surface area contributed by atoms with E-state index in [1.807, 2.05) is 27.7 Å². The maximum absolute atomic E-state index is 14.3. The Labute approximate surface area is 113 Å². The number of hydrogen-bond acceptors (Lipinski definition) is 3. The Morgan fingerprint density at radius 2 is 1.79 bits per heavy atom. The van der Waals surface area contributed by atoms with Crippen molar-refractivity contribution < 1.29 is 18.5 Å². The summed E-state index contributed by atoms with van der Waals surface area (Å²) in [6, 6.07) is 0. The second-order valence-electron chi connectivity index (χ2n) is 6.48. The van der Waals surface area contributed by atoms with Gasteiger partial charge < -0.3 is 15.0 Å². The van der Waals surface area contributed by atoms with Crippen LogP contribution in [0.3, 0.4) is 0 Å². The molecule has 1 saturated carbocycles. The molecule has 0 atom stereocenters. The van der Waals surface area contributed by atoms with E-state index in [2.05, 4.69) is 0 Å². The van der Waals surface area contributed by atoms with Gasteiger partial charge in [-0.3, -0.25) is 4.79 Å². The summed E-state index contributed by atoms with van der Waals surface area (Å²) < 4.78 is 25.6. The number of allylic oxidation sites excluding steroid dienone is 1. The monoisotopic (exact) mass is 269 g/mol. The van der Waals surface area contributed by atoms with Gasteiger partial charge in [0.2, 0.25) is 5.91 Å². The highest BCUT2D eigenvalue weighted by atomic mass is 19.1. The highest BCUT2D eigenvalue weighted by Crippen LogP contribution is 2.43. The standard InChI is InChI=1S/C13H21BFNO3/c1-12(2)13(3,4)19-14(18-12)11(15)9-5-8(6-9)7-10(16)17/h8H,5-7H2,1-4H3,(H2,16,17). The number of hydrogen-bond donors (Lipinski definition) is 1. The largest absolute Gasteiger partial charge is 0.525 e. The molecular weight excluding hydrogens is 248 g/mol. The van der Waals surface area contributed by atoms with E-state index in [0.717, 1.165) is 0 Å². The summed E-state index contributed by atoms with van der Waals surface area (Å²) in [5, 5.41) is 0. The molecule has 0 unspecified atom stereocenters. The average molecular weight is 269 g/mol. The molecule has 1 heterocycles. The minimum absolute atomic E-state index is 0.167. The van der Waals surface area contributed by atoms with Crippen molar-refractivity contribution in [1.82, 2.24) is 0 Å². The van der Waals surface area contributed by atoms with E-state index in [0.29, 0.717) is 24.8 Å². The molecule has 0 aromatic heterocycles. The smallest absolute Gasteiger partial charge is 0.398 e. The van der Waals surface area contributed by atoms with E-state index in [-0.39, 0.29) is 17.6 Å². The summed E-state index contributed by atoms with van der Waals surface area (Å²) >= 11 is 0. The second kappa shape index (κ2) is 4.60. The maximum Gasteiger partial charge on any atom is 0.525 e. The Morgan fingerprint density at radius 3 is 2.21 bits per heavy atom. The van der Waals surface area contributed by atoms with Crippen LogP contribution >= 0.6 is 0 Å². The molecule has 0 spiro atoms. The van der Waals surface area contributed by atoms with Crippen LogP contribution in [0.1, 0.15) is 47.0 Å². The first-order valence-corrected chi connectivity index (χ1v) is 6.64. The van der Waals surface area contributed by atoms with Gasteiger partial charge in [0, 0.05) is 6.42 Å². The zero-order chi connectivity index (χ0) is 14.4. The highest BCUT2D eigenvalue weighted by Gasteiger charge is 2.54. The second-order valence-corrected chi connectivity index (χ2v) is 6.48. The summed E-state index contributed by atoms with van der Waals surface area (Å²) in [6.45, 7) is 7.56. The first-order valence-electron chi connectivity index (χ1n) is 6.64. The SMILES string of the molecule is CC1(C)OB(C(F)=C2CC(CC(N)=O)C2)OC1(C)C. The summed E-state index contributed by atoms with van der Waals surface area (Å²) in [6.07, 6.45) is 1.46. The molecule has 1 amide bonds. The molecule has 0 aromatic carbocycles. The molecular formula is C13H21BFNO3. The molecule has 6 heteroatoms. The van der Waals surface area contributed by atoms with Gasteiger partial charge in [0.1, 0.15) is 5.73 Å². The summed E-state index contributed by atoms with van der Waals surface area (Å²) in [5.41, 5.74) is 4.40. The van der Waals surface area contributed by atoms with E-state index >= 15 is 0 Å². The van der Waals surface area contributed by atoms with Crippen LogP contribution < -0.4 is 5.73 Å². The number of halogens is 1. The fraction of sp³-hybridized carbons (Fsp3) is 0.769. The Balaban J connectivity index is 2.00. The van der Waals surface area contributed by atoms with Crippen LogP contribution in [0.2, 0.25) is 0 Å². The zero-order valence-corrected chi connectivity index (χ0v) is 12.0. The van der Waals surface area contributed by atoms with Crippen LogP contribution in [0.25, 0.3) is 0 Å². The van der Waals surface area contributed by atoms with Crippen LogP contribution in [0, 0.1) is 5.92 Å². The van der Waals surface area contributed by atoms with E-state index in [1.54, 1.807) is 0 Å². The van der Waals surface area contributed by atoms with Crippen molar-refractivity contribution in [2.45, 2.75) is 58.2 Å². The van der Waals surface area contributed by atoms with Crippen molar-refractivity contribution in [1.29, 1.82) is 0 Å². The molecule has 106 valence electrons. The first kappa shape index (κ1) is 14.5. The molecule has 2 aliphatic rings. The normalized spacial score (nSPS) is 28.2. The fourth-order valence-corrected chi connectivity index (χ4v) is 2.37. The van der Waals surface area contributed by atoms with Gasteiger partial charge in [0.25, 0.3) is 0 Å². The summed E-state index contributed by atoms with van der Waals surface area (Å²) in [7, 11) is -0.922. The van der Waals surface area contributed by atoms with E-state index in [4.69, 9.17) is 15.0 Å². The number of amides is 1. The minimum Gasteiger partial charge on any atom is -0.398 e. The Bertz CT molecular complexity index is 410. The molecule has 0 bridgehead atoms. The molecule has 2 N–H and O–H groups in total. The topological polar surface area (TPSA) is 61.5 Å². The van der Waals surface area contributed by atoms with Crippen molar-refractivity contribution in [3.05, 3.63) is 11.3 Å². The van der Waals surface area contributed by atoms with Crippen LogP contribution in [0.5, 0.6) is 0 Å². The third-order valence-electron chi connectivity index (χ3n) is 4.36. The van der Waals surface area contributed by atoms with E-state index in [9.17, 15) is 9.18 Å². The lowest BCUT2D eigenvalue weighted by Crippen LogP contribution is -2.41. The Hall–Kier alpha value is -0.875. The summed E-state index contributed by atoms with van der Waals surface area (Å²) in [5.74, 6) is -0.166. The van der Waals surface area contributed by atoms with E-state index in [1.165, 1.54) is 0 Å². The van der Waals surface area contributed by atoms with Gasteiger partial charge in [-0.2, -0.15) is 0 Å². The van der Waals surface area contributed by atoms with Crippen molar-refractivity contribution in [2.75, 3.05) is 0 Å². The van der Waals surface area contributed by atoms with Crippen molar-refractivity contribution >= 4 is 13.0 Å². The van der Waals surface area contributed by atoms with Gasteiger partial charge in [-0.05, 0) is 52.0 Å². The maximum atomic E-state index is 14.3. The molecule has 1 saturated heterocycles. The highest BCUT2D eigenvalue weighted by molar-refractivity contribution is 6.53. The van der Waals surface area contributed by atoms with Crippen molar-refractivity contribution in [3.63, 3.8) is 0 Å². The third kappa shape index (κ3) is 2.70. The minimum atomic E-state index is -0.922. The van der Waals surface area contributed by atoms with Gasteiger partial charge in [-0.25, -0.2) is 4.39 Å². The molecule has 2 fully saturated rings. The van der Waals surface area contributed by atoms with Crippen LogP contribution in [-0.4, -0.2) is 24.2 Å². The molecule has 0 aromatic rings.